The SMILES string of the molecule is O=C(c1cc[nH]c1)c1csc(Cl)c1. The minimum atomic E-state index is 0.00407. The van der Waals surface area contributed by atoms with Gasteiger partial charge in [-0.15, -0.1) is 11.3 Å². The van der Waals surface area contributed by atoms with E-state index < -0.39 is 0 Å². The number of aromatic nitrogens is 1. The maximum Gasteiger partial charge on any atom is 0.195 e. The summed E-state index contributed by atoms with van der Waals surface area (Å²) in [4.78, 5) is 14.5. The number of carbonyl (C=O) groups is 1. The Morgan fingerprint density at radius 3 is 2.85 bits per heavy atom. The van der Waals surface area contributed by atoms with Crippen molar-refractivity contribution in [2.45, 2.75) is 0 Å². The lowest BCUT2D eigenvalue weighted by Crippen LogP contribution is -1.96. The van der Waals surface area contributed by atoms with E-state index in [9.17, 15) is 4.79 Å². The van der Waals surface area contributed by atoms with Crippen LogP contribution in [-0.2, 0) is 0 Å². The number of rotatable bonds is 2. The van der Waals surface area contributed by atoms with Gasteiger partial charge in [0.15, 0.2) is 5.78 Å². The van der Waals surface area contributed by atoms with Crippen LogP contribution >= 0.6 is 22.9 Å². The number of hydrogen-bond donors (Lipinski definition) is 1. The topological polar surface area (TPSA) is 32.9 Å². The monoisotopic (exact) mass is 211 g/mol. The van der Waals surface area contributed by atoms with Gasteiger partial charge >= 0.3 is 0 Å². The molecule has 0 unspecified atom stereocenters. The molecule has 0 bridgehead atoms. The fraction of sp³-hybridized carbons (Fsp3) is 0. The van der Waals surface area contributed by atoms with Gasteiger partial charge in [-0.05, 0) is 12.1 Å². The van der Waals surface area contributed by atoms with Crippen LogP contribution < -0.4 is 0 Å². The molecule has 0 saturated heterocycles. The fourth-order valence-electron chi connectivity index (χ4n) is 1.06. The normalized spacial score (nSPS) is 10.2. The van der Waals surface area contributed by atoms with Gasteiger partial charge in [0.05, 0.1) is 4.34 Å². The summed E-state index contributed by atoms with van der Waals surface area (Å²) >= 11 is 7.09. The van der Waals surface area contributed by atoms with Gasteiger partial charge in [0.25, 0.3) is 0 Å². The molecule has 0 aliphatic carbocycles. The standard InChI is InChI=1S/C9H6ClNOS/c10-8-3-7(5-13-8)9(12)6-1-2-11-4-6/h1-5,11H. The number of thiophene rings is 1. The van der Waals surface area contributed by atoms with Crippen molar-refractivity contribution in [1.82, 2.24) is 4.98 Å². The van der Waals surface area contributed by atoms with Gasteiger partial charge in [-0.2, -0.15) is 0 Å². The molecule has 0 atom stereocenters. The molecule has 2 heterocycles. The molecule has 0 aromatic carbocycles. The summed E-state index contributed by atoms with van der Waals surface area (Å²) in [6.45, 7) is 0. The molecule has 0 aliphatic heterocycles. The lowest BCUT2D eigenvalue weighted by Gasteiger charge is -1.90. The van der Waals surface area contributed by atoms with Crippen LogP contribution in [0.25, 0.3) is 0 Å². The van der Waals surface area contributed by atoms with E-state index in [0.29, 0.717) is 15.5 Å². The van der Waals surface area contributed by atoms with E-state index in [4.69, 9.17) is 11.6 Å². The van der Waals surface area contributed by atoms with Gasteiger partial charge in [-0.3, -0.25) is 4.79 Å². The Labute approximate surface area is 84.2 Å². The third-order valence-electron chi connectivity index (χ3n) is 1.69. The second-order valence-corrected chi connectivity index (χ2v) is 4.11. The highest BCUT2D eigenvalue weighted by Crippen LogP contribution is 2.21. The summed E-state index contributed by atoms with van der Waals surface area (Å²) in [6.07, 6.45) is 3.40. The summed E-state index contributed by atoms with van der Waals surface area (Å²) < 4.78 is 0.638. The number of carbonyl (C=O) groups excluding carboxylic acids is 1. The first-order valence-corrected chi connectivity index (χ1v) is 4.94. The summed E-state index contributed by atoms with van der Waals surface area (Å²) in [6, 6.07) is 3.43. The van der Waals surface area contributed by atoms with Crippen molar-refractivity contribution in [3.63, 3.8) is 0 Å². The molecule has 2 aromatic heterocycles. The quantitative estimate of drug-likeness (QED) is 0.762. The molecule has 0 amide bonds. The van der Waals surface area contributed by atoms with Crippen molar-refractivity contribution in [1.29, 1.82) is 0 Å². The molecular formula is C9H6ClNOS. The van der Waals surface area contributed by atoms with Gasteiger partial charge in [0, 0.05) is 28.9 Å². The van der Waals surface area contributed by atoms with E-state index in [1.54, 1.807) is 29.9 Å². The van der Waals surface area contributed by atoms with Gasteiger partial charge < -0.3 is 4.98 Å². The van der Waals surface area contributed by atoms with E-state index >= 15 is 0 Å². The third kappa shape index (κ3) is 1.66. The maximum absolute atomic E-state index is 11.6. The van der Waals surface area contributed by atoms with E-state index in [1.165, 1.54) is 11.3 Å². The summed E-state index contributed by atoms with van der Waals surface area (Å²) in [7, 11) is 0. The van der Waals surface area contributed by atoms with Crippen LogP contribution in [0.2, 0.25) is 4.34 Å². The predicted molar refractivity (Wildman–Crippen MR) is 53.6 cm³/mol. The van der Waals surface area contributed by atoms with Crippen LogP contribution in [0.3, 0.4) is 0 Å². The number of aromatic amines is 1. The Morgan fingerprint density at radius 1 is 1.46 bits per heavy atom. The van der Waals surface area contributed by atoms with E-state index in [2.05, 4.69) is 4.98 Å². The van der Waals surface area contributed by atoms with Crippen molar-refractivity contribution < 1.29 is 4.79 Å². The highest BCUT2D eigenvalue weighted by Gasteiger charge is 2.10. The zero-order chi connectivity index (χ0) is 9.26. The van der Waals surface area contributed by atoms with Crippen molar-refractivity contribution in [3.8, 4) is 0 Å². The first-order valence-electron chi connectivity index (χ1n) is 3.69. The second-order valence-electron chi connectivity index (χ2n) is 2.57. The van der Waals surface area contributed by atoms with E-state index in [1.807, 2.05) is 0 Å². The Balaban J connectivity index is 2.33. The van der Waals surface area contributed by atoms with E-state index in [0.717, 1.165) is 0 Å². The molecule has 13 heavy (non-hydrogen) atoms. The fourth-order valence-corrected chi connectivity index (χ4v) is 1.92. The van der Waals surface area contributed by atoms with Crippen LogP contribution in [0.5, 0.6) is 0 Å². The Bertz CT molecular complexity index is 419. The molecule has 0 aliphatic rings. The minimum Gasteiger partial charge on any atom is -0.367 e. The Kier molecular flexibility index (Phi) is 2.20. The minimum absolute atomic E-state index is 0.00407. The smallest absolute Gasteiger partial charge is 0.195 e. The predicted octanol–water partition coefficient (Wildman–Crippen LogP) is 2.96. The van der Waals surface area contributed by atoms with Gasteiger partial charge in [0.1, 0.15) is 0 Å². The Hall–Kier alpha value is -1.06. The van der Waals surface area contributed by atoms with Gasteiger partial charge in [-0.25, -0.2) is 0 Å². The average molecular weight is 212 g/mol. The first-order chi connectivity index (χ1) is 6.27. The average Bonchev–Trinajstić information content (AvgIpc) is 2.72. The summed E-state index contributed by atoms with van der Waals surface area (Å²) in [5, 5.41) is 1.76. The second kappa shape index (κ2) is 3.36. The van der Waals surface area contributed by atoms with Crippen LogP contribution in [0, 0.1) is 0 Å². The van der Waals surface area contributed by atoms with Crippen molar-refractivity contribution in [3.05, 3.63) is 45.4 Å². The zero-order valence-corrected chi connectivity index (χ0v) is 8.15. The van der Waals surface area contributed by atoms with Crippen LogP contribution in [-0.4, -0.2) is 10.8 Å². The molecule has 2 rings (SSSR count). The molecule has 66 valence electrons. The van der Waals surface area contributed by atoms with Crippen LogP contribution in [0.1, 0.15) is 15.9 Å². The number of nitrogens with one attached hydrogen (secondary N) is 1. The molecule has 0 spiro atoms. The maximum atomic E-state index is 11.6. The largest absolute Gasteiger partial charge is 0.367 e. The number of ketones is 1. The highest BCUT2D eigenvalue weighted by atomic mass is 35.5. The molecule has 0 radical (unpaired) electrons. The Morgan fingerprint density at radius 2 is 2.31 bits per heavy atom. The molecule has 2 aromatic rings. The number of H-pyrrole nitrogens is 1. The summed E-state index contributed by atoms with van der Waals surface area (Å²) in [5.74, 6) is 0.00407. The highest BCUT2D eigenvalue weighted by molar-refractivity contribution is 7.14. The first kappa shape index (κ1) is 8.53. The van der Waals surface area contributed by atoms with E-state index in [-0.39, 0.29) is 5.78 Å². The lowest BCUT2D eigenvalue weighted by molar-refractivity contribution is 0.103. The zero-order valence-electron chi connectivity index (χ0n) is 6.58. The number of hydrogen-bond acceptors (Lipinski definition) is 2. The van der Waals surface area contributed by atoms with Crippen molar-refractivity contribution in [2.24, 2.45) is 0 Å². The molecule has 0 saturated carbocycles. The molecule has 2 nitrogen and oxygen atoms in total. The number of halogens is 1. The van der Waals surface area contributed by atoms with Crippen LogP contribution in [0.4, 0.5) is 0 Å². The van der Waals surface area contributed by atoms with Gasteiger partial charge in [-0.1, -0.05) is 11.6 Å². The van der Waals surface area contributed by atoms with Crippen molar-refractivity contribution in [2.75, 3.05) is 0 Å². The molecule has 0 fully saturated rings. The molecule has 1 N–H and O–H groups in total. The summed E-state index contributed by atoms with van der Waals surface area (Å²) in [5.41, 5.74) is 1.31. The molecule has 4 heteroatoms. The third-order valence-corrected chi connectivity index (χ3v) is 2.78. The molecular weight excluding hydrogens is 206 g/mol. The van der Waals surface area contributed by atoms with Gasteiger partial charge in [0.2, 0.25) is 0 Å². The van der Waals surface area contributed by atoms with Crippen molar-refractivity contribution >= 4 is 28.7 Å². The lowest BCUT2D eigenvalue weighted by atomic mass is 10.1. The van der Waals surface area contributed by atoms with Crippen LogP contribution in [0.15, 0.2) is 29.9 Å².